The van der Waals surface area contributed by atoms with Crippen molar-refractivity contribution in [3.8, 4) is 0 Å². The number of aliphatic hydroxyl groups is 1. The van der Waals surface area contributed by atoms with Gasteiger partial charge in [-0.25, -0.2) is 4.79 Å². The molecule has 0 amide bonds. The van der Waals surface area contributed by atoms with Gasteiger partial charge in [0, 0.05) is 6.20 Å². The van der Waals surface area contributed by atoms with E-state index in [-0.39, 0.29) is 12.3 Å². The highest BCUT2D eigenvalue weighted by atomic mass is 16.5. The SMILES string of the molecule is COC(=O)c1ccn(C/C=C\CO)n1. The first-order chi connectivity index (χ1) is 6.77. The van der Waals surface area contributed by atoms with Crippen LogP contribution in [0.15, 0.2) is 24.4 Å². The molecular formula is C9H12N2O3. The van der Waals surface area contributed by atoms with Crippen LogP contribution in [-0.2, 0) is 11.3 Å². The van der Waals surface area contributed by atoms with E-state index >= 15 is 0 Å². The van der Waals surface area contributed by atoms with E-state index in [4.69, 9.17) is 5.11 Å². The number of nitrogens with zero attached hydrogens (tertiary/aromatic N) is 2. The van der Waals surface area contributed by atoms with Gasteiger partial charge in [0.1, 0.15) is 0 Å². The maximum Gasteiger partial charge on any atom is 0.358 e. The lowest BCUT2D eigenvalue weighted by Gasteiger charge is -1.94. The molecule has 1 aromatic heterocycles. The van der Waals surface area contributed by atoms with E-state index in [1.807, 2.05) is 0 Å². The number of rotatable bonds is 4. The Labute approximate surface area is 81.6 Å². The summed E-state index contributed by atoms with van der Waals surface area (Å²) in [6.45, 7) is 0.530. The Morgan fingerprint density at radius 3 is 3.14 bits per heavy atom. The zero-order chi connectivity index (χ0) is 10.4. The maximum atomic E-state index is 11.0. The summed E-state index contributed by atoms with van der Waals surface area (Å²) in [6.07, 6.45) is 5.04. The molecule has 0 atom stereocenters. The zero-order valence-corrected chi connectivity index (χ0v) is 7.88. The Hall–Kier alpha value is -1.62. The lowest BCUT2D eigenvalue weighted by atomic mass is 10.4. The van der Waals surface area contributed by atoms with Crippen LogP contribution in [0.2, 0.25) is 0 Å². The van der Waals surface area contributed by atoms with E-state index in [0.717, 1.165) is 0 Å². The van der Waals surface area contributed by atoms with Crippen LogP contribution in [0, 0.1) is 0 Å². The second-order valence-corrected chi connectivity index (χ2v) is 2.57. The standard InChI is InChI=1S/C9H12N2O3/c1-14-9(13)8-4-6-11(10-8)5-2-3-7-12/h2-4,6,12H,5,7H2,1H3/b3-2-. The van der Waals surface area contributed by atoms with Crippen LogP contribution in [-0.4, -0.2) is 34.6 Å². The quantitative estimate of drug-likeness (QED) is 0.552. The molecule has 0 aliphatic heterocycles. The Balaban J connectivity index is 2.59. The van der Waals surface area contributed by atoms with Crippen molar-refractivity contribution in [2.75, 3.05) is 13.7 Å². The minimum absolute atomic E-state index is 0.00509. The van der Waals surface area contributed by atoms with Gasteiger partial charge >= 0.3 is 5.97 Å². The van der Waals surface area contributed by atoms with E-state index in [2.05, 4.69) is 9.84 Å². The number of esters is 1. The minimum atomic E-state index is -0.449. The number of allylic oxidation sites excluding steroid dienone is 1. The highest BCUT2D eigenvalue weighted by Gasteiger charge is 2.07. The van der Waals surface area contributed by atoms with Gasteiger partial charge in [0.15, 0.2) is 5.69 Å². The van der Waals surface area contributed by atoms with Crippen molar-refractivity contribution in [1.29, 1.82) is 0 Å². The van der Waals surface area contributed by atoms with Gasteiger partial charge in [-0.3, -0.25) is 4.68 Å². The summed E-state index contributed by atoms with van der Waals surface area (Å²) in [5, 5.41) is 12.4. The molecule has 0 aromatic carbocycles. The number of methoxy groups -OCH3 is 1. The van der Waals surface area contributed by atoms with Crippen molar-refractivity contribution in [2.45, 2.75) is 6.54 Å². The summed E-state index contributed by atoms with van der Waals surface area (Å²) in [7, 11) is 1.31. The van der Waals surface area contributed by atoms with Crippen LogP contribution >= 0.6 is 0 Å². The van der Waals surface area contributed by atoms with Gasteiger partial charge in [0.05, 0.1) is 20.3 Å². The first kappa shape index (κ1) is 10.5. The van der Waals surface area contributed by atoms with Crippen LogP contribution in [0.3, 0.4) is 0 Å². The fourth-order valence-electron chi connectivity index (χ4n) is 0.934. The highest BCUT2D eigenvalue weighted by molar-refractivity contribution is 5.86. The first-order valence-electron chi connectivity index (χ1n) is 4.15. The van der Waals surface area contributed by atoms with Gasteiger partial charge in [-0.15, -0.1) is 0 Å². The summed E-state index contributed by atoms with van der Waals surface area (Å²) >= 11 is 0. The average Bonchev–Trinajstić information content (AvgIpc) is 2.66. The second kappa shape index (κ2) is 5.18. The van der Waals surface area contributed by atoms with Crippen molar-refractivity contribution >= 4 is 5.97 Å². The van der Waals surface area contributed by atoms with Gasteiger partial charge in [-0.1, -0.05) is 12.2 Å². The molecule has 0 spiro atoms. The van der Waals surface area contributed by atoms with Crippen LogP contribution < -0.4 is 0 Å². The van der Waals surface area contributed by atoms with Gasteiger partial charge in [-0.05, 0) is 6.07 Å². The monoisotopic (exact) mass is 196 g/mol. The van der Waals surface area contributed by atoms with Crippen LogP contribution in [0.5, 0.6) is 0 Å². The van der Waals surface area contributed by atoms with Gasteiger partial charge in [0.25, 0.3) is 0 Å². The molecule has 5 heteroatoms. The summed E-state index contributed by atoms with van der Waals surface area (Å²) in [5.74, 6) is -0.449. The van der Waals surface area contributed by atoms with E-state index in [0.29, 0.717) is 6.54 Å². The lowest BCUT2D eigenvalue weighted by Crippen LogP contribution is -2.04. The van der Waals surface area contributed by atoms with Gasteiger partial charge < -0.3 is 9.84 Å². The Morgan fingerprint density at radius 1 is 1.71 bits per heavy atom. The van der Waals surface area contributed by atoms with Crippen LogP contribution in [0.25, 0.3) is 0 Å². The predicted molar refractivity (Wildman–Crippen MR) is 49.8 cm³/mol. The molecule has 76 valence electrons. The molecule has 14 heavy (non-hydrogen) atoms. The molecule has 0 aliphatic carbocycles. The molecule has 1 aromatic rings. The Kier molecular flexibility index (Phi) is 3.87. The number of hydrogen-bond donors (Lipinski definition) is 1. The van der Waals surface area contributed by atoms with E-state index < -0.39 is 5.97 Å². The summed E-state index contributed by atoms with van der Waals surface area (Å²) in [6, 6.07) is 1.58. The minimum Gasteiger partial charge on any atom is -0.464 e. The third-order valence-corrected chi connectivity index (χ3v) is 1.60. The summed E-state index contributed by atoms with van der Waals surface area (Å²) in [5.41, 5.74) is 0.282. The normalized spacial score (nSPS) is 10.7. The van der Waals surface area contributed by atoms with Crippen LogP contribution in [0.4, 0.5) is 0 Å². The van der Waals surface area contributed by atoms with Crippen molar-refractivity contribution < 1.29 is 14.6 Å². The zero-order valence-electron chi connectivity index (χ0n) is 7.88. The molecule has 0 fully saturated rings. The van der Waals surface area contributed by atoms with Gasteiger partial charge in [-0.2, -0.15) is 5.10 Å². The van der Waals surface area contributed by atoms with Gasteiger partial charge in [0.2, 0.25) is 0 Å². The number of aromatic nitrogens is 2. The molecule has 1 heterocycles. The molecule has 0 bridgehead atoms. The van der Waals surface area contributed by atoms with E-state index in [1.54, 1.807) is 29.1 Å². The topological polar surface area (TPSA) is 64.3 Å². The molecule has 0 saturated heterocycles. The molecule has 1 rings (SSSR count). The molecule has 0 radical (unpaired) electrons. The highest BCUT2D eigenvalue weighted by Crippen LogP contribution is 1.97. The molecule has 0 saturated carbocycles. The summed E-state index contributed by atoms with van der Waals surface area (Å²) < 4.78 is 6.08. The second-order valence-electron chi connectivity index (χ2n) is 2.57. The third-order valence-electron chi connectivity index (χ3n) is 1.60. The first-order valence-corrected chi connectivity index (χ1v) is 4.15. The number of carbonyl (C=O) groups excluding carboxylic acids is 1. The average molecular weight is 196 g/mol. The molecular weight excluding hydrogens is 184 g/mol. The molecule has 0 aliphatic rings. The van der Waals surface area contributed by atoms with Crippen molar-refractivity contribution in [2.24, 2.45) is 0 Å². The summed E-state index contributed by atoms with van der Waals surface area (Å²) in [4.78, 5) is 11.0. The fourth-order valence-corrected chi connectivity index (χ4v) is 0.934. The third kappa shape index (κ3) is 2.70. The molecule has 0 unspecified atom stereocenters. The largest absolute Gasteiger partial charge is 0.464 e. The number of aliphatic hydroxyl groups excluding tert-OH is 1. The number of hydrogen-bond acceptors (Lipinski definition) is 4. The van der Waals surface area contributed by atoms with E-state index in [9.17, 15) is 4.79 Å². The fraction of sp³-hybridized carbons (Fsp3) is 0.333. The van der Waals surface area contributed by atoms with E-state index in [1.165, 1.54) is 7.11 Å². The number of carbonyl (C=O) groups is 1. The maximum absolute atomic E-state index is 11.0. The molecule has 1 N–H and O–H groups in total. The predicted octanol–water partition coefficient (Wildman–Crippen LogP) is 0.218. The molecule has 5 nitrogen and oxygen atoms in total. The van der Waals surface area contributed by atoms with Crippen LogP contribution in [0.1, 0.15) is 10.5 Å². The van der Waals surface area contributed by atoms with Crippen molar-refractivity contribution in [3.63, 3.8) is 0 Å². The van der Waals surface area contributed by atoms with Crippen molar-refractivity contribution in [1.82, 2.24) is 9.78 Å². The lowest BCUT2D eigenvalue weighted by molar-refractivity contribution is 0.0593. The smallest absolute Gasteiger partial charge is 0.358 e. The number of ether oxygens (including phenoxy) is 1. The Morgan fingerprint density at radius 2 is 2.50 bits per heavy atom. The van der Waals surface area contributed by atoms with Crippen molar-refractivity contribution in [3.05, 3.63) is 30.1 Å². The Bertz CT molecular complexity index is 331.